The second-order valence-electron chi connectivity index (χ2n) is 2.89. The van der Waals surface area contributed by atoms with E-state index in [1.54, 1.807) is 0 Å². The van der Waals surface area contributed by atoms with Crippen molar-refractivity contribution < 1.29 is 22.1 Å². The molecule has 1 rings (SSSR count). The van der Waals surface area contributed by atoms with Crippen LogP contribution in [0.1, 0.15) is 5.56 Å². The molecule has 0 heterocycles. The van der Waals surface area contributed by atoms with Gasteiger partial charge in [0.05, 0.1) is 18.8 Å². The van der Waals surface area contributed by atoms with E-state index in [-0.39, 0.29) is 11.5 Å². The lowest BCUT2D eigenvalue weighted by Crippen LogP contribution is -2.06. The molecular weight excluding hydrogens is 241 g/mol. The van der Waals surface area contributed by atoms with Gasteiger partial charge in [0.2, 0.25) is 0 Å². The Morgan fingerprint density at radius 3 is 2.50 bits per heavy atom. The monoisotopic (exact) mass is 252 g/mol. The van der Waals surface area contributed by atoms with Gasteiger partial charge in [-0.25, -0.2) is 0 Å². The van der Waals surface area contributed by atoms with Gasteiger partial charge in [-0.15, -0.1) is 0 Å². The molecule has 0 saturated heterocycles. The maximum atomic E-state index is 12.5. The van der Waals surface area contributed by atoms with Crippen molar-refractivity contribution in [1.82, 2.24) is 0 Å². The number of halogens is 3. The van der Waals surface area contributed by atoms with E-state index < -0.39 is 11.7 Å². The molecule has 0 amide bonds. The number of methoxy groups -OCH3 is 1. The Labute approximate surface area is 95.9 Å². The van der Waals surface area contributed by atoms with Crippen LogP contribution in [0, 0.1) is 0 Å². The second-order valence-corrected chi connectivity index (χ2v) is 3.73. The first-order chi connectivity index (χ1) is 7.55. The summed E-state index contributed by atoms with van der Waals surface area (Å²) < 4.78 is 47.3. The molecule has 0 aromatic heterocycles. The first-order valence-electron chi connectivity index (χ1n) is 4.50. The van der Waals surface area contributed by atoms with Gasteiger partial charge in [0, 0.05) is 24.0 Å². The fourth-order valence-corrected chi connectivity index (χ4v) is 1.68. The van der Waals surface area contributed by atoms with Gasteiger partial charge in [0.25, 0.3) is 0 Å². The van der Waals surface area contributed by atoms with Crippen molar-refractivity contribution in [3.05, 3.63) is 29.8 Å². The first-order valence-corrected chi connectivity index (χ1v) is 5.24. The highest BCUT2D eigenvalue weighted by molar-refractivity contribution is 7.94. The van der Waals surface area contributed by atoms with Crippen LogP contribution in [-0.2, 0) is 15.1 Å². The van der Waals surface area contributed by atoms with Crippen molar-refractivity contribution >= 4 is 12.0 Å². The van der Waals surface area contributed by atoms with Gasteiger partial charge in [-0.3, -0.25) is 0 Å². The average Bonchev–Trinajstić information content (AvgIpc) is 2.24. The summed E-state index contributed by atoms with van der Waals surface area (Å²) in [6.07, 6.45) is -4.35. The molecule has 16 heavy (non-hydrogen) atoms. The van der Waals surface area contributed by atoms with Crippen molar-refractivity contribution in [2.24, 2.45) is 0 Å². The molecule has 0 N–H and O–H groups in total. The van der Waals surface area contributed by atoms with Crippen LogP contribution in [0.3, 0.4) is 0 Å². The van der Waals surface area contributed by atoms with Gasteiger partial charge in [-0.1, -0.05) is 12.1 Å². The Morgan fingerprint density at radius 2 is 1.88 bits per heavy atom. The zero-order valence-electron chi connectivity index (χ0n) is 8.58. The minimum atomic E-state index is -4.35. The zero-order chi connectivity index (χ0) is 12.0. The molecule has 0 spiro atoms. The number of hydrogen-bond acceptors (Lipinski definition) is 3. The van der Waals surface area contributed by atoms with Crippen molar-refractivity contribution in [2.75, 3.05) is 20.3 Å². The molecule has 0 radical (unpaired) electrons. The van der Waals surface area contributed by atoms with Crippen LogP contribution >= 0.6 is 12.0 Å². The van der Waals surface area contributed by atoms with Gasteiger partial charge in [-0.05, 0) is 12.1 Å². The Bertz CT molecular complexity index is 328. The highest BCUT2D eigenvalue weighted by atomic mass is 32.2. The predicted molar refractivity (Wildman–Crippen MR) is 55.1 cm³/mol. The topological polar surface area (TPSA) is 18.5 Å². The summed E-state index contributed by atoms with van der Waals surface area (Å²) in [6, 6.07) is 5.29. The second kappa shape index (κ2) is 6.12. The van der Waals surface area contributed by atoms with E-state index in [0.29, 0.717) is 18.6 Å². The first kappa shape index (κ1) is 13.3. The molecule has 6 heteroatoms. The lowest BCUT2D eigenvalue weighted by Gasteiger charge is -2.11. The molecule has 1 aromatic carbocycles. The molecule has 0 aliphatic heterocycles. The van der Waals surface area contributed by atoms with Crippen LogP contribution in [0.15, 0.2) is 29.2 Å². The van der Waals surface area contributed by atoms with E-state index in [1.165, 1.54) is 25.3 Å². The van der Waals surface area contributed by atoms with E-state index in [9.17, 15) is 13.2 Å². The van der Waals surface area contributed by atoms with E-state index in [1.807, 2.05) is 0 Å². The molecule has 90 valence electrons. The van der Waals surface area contributed by atoms with Crippen molar-refractivity contribution in [2.45, 2.75) is 11.1 Å². The third-order valence-electron chi connectivity index (χ3n) is 1.71. The fraction of sp³-hybridized carbons (Fsp3) is 0.400. The highest BCUT2D eigenvalue weighted by Crippen LogP contribution is 2.36. The van der Waals surface area contributed by atoms with Crippen LogP contribution in [0.4, 0.5) is 13.2 Å². The SMILES string of the molecule is COCCOSc1ccccc1C(F)(F)F. The van der Waals surface area contributed by atoms with Gasteiger partial charge in [0.15, 0.2) is 0 Å². The number of rotatable bonds is 5. The van der Waals surface area contributed by atoms with Gasteiger partial charge >= 0.3 is 6.18 Å². The van der Waals surface area contributed by atoms with Crippen LogP contribution in [0.5, 0.6) is 0 Å². The average molecular weight is 252 g/mol. The van der Waals surface area contributed by atoms with E-state index in [4.69, 9.17) is 8.92 Å². The molecule has 0 atom stereocenters. The van der Waals surface area contributed by atoms with Crippen molar-refractivity contribution in [3.63, 3.8) is 0 Å². The fourth-order valence-electron chi connectivity index (χ4n) is 0.996. The van der Waals surface area contributed by atoms with Crippen LogP contribution in [0.25, 0.3) is 0 Å². The molecule has 1 aromatic rings. The Balaban J connectivity index is 2.65. The lowest BCUT2D eigenvalue weighted by atomic mass is 10.2. The number of benzene rings is 1. The summed E-state index contributed by atoms with van der Waals surface area (Å²) >= 11 is 0.714. The largest absolute Gasteiger partial charge is 0.417 e. The van der Waals surface area contributed by atoms with Gasteiger partial charge < -0.3 is 8.92 Å². The summed E-state index contributed by atoms with van der Waals surface area (Å²) in [5.74, 6) is 0. The molecular formula is C10H11F3O2S. The molecule has 0 unspecified atom stereocenters. The third kappa shape index (κ3) is 4.03. The van der Waals surface area contributed by atoms with E-state index in [0.717, 1.165) is 6.07 Å². The summed E-state index contributed by atoms with van der Waals surface area (Å²) in [5.41, 5.74) is -0.683. The molecule has 2 nitrogen and oxygen atoms in total. The standard InChI is InChI=1S/C10H11F3O2S/c1-14-6-7-15-16-9-5-3-2-4-8(9)10(11,12)13/h2-5H,6-7H2,1H3. The van der Waals surface area contributed by atoms with E-state index >= 15 is 0 Å². The quantitative estimate of drug-likeness (QED) is 0.591. The van der Waals surface area contributed by atoms with Crippen LogP contribution in [-0.4, -0.2) is 20.3 Å². The summed E-state index contributed by atoms with van der Waals surface area (Å²) in [6.45, 7) is 0.592. The van der Waals surface area contributed by atoms with Crippen molar-refractivity contribution in [1.29, 1.82) is 0 Å². The normalized spacial score (nSPS) is 11.8. The number of ether oxygens (including phenoxy) is 1. The Hall–Kier alpha value is -0.720. The maximum absolute atomic E-state index is 12.5. The van der Waals surface area contributed by atoms with Gasteiger partial charge in [0.1, 0.15) is 0 Å². The van der Waals surface area contributed by atoms with Crippen LogP contribution in [0.2, 0.25) is 0 Å². The lowest BCUT2D eigenvalue weighted by molar-refractivity contribution is -0.139. The smallest absolute Gasteiger partial charge is 0.382 e. The summed E-state index contributed by atoms with van der Waals surface area (Å²) in [7, 11) is 1.50. The van der Waals surface area contributed by atoms with E-state index in [2.05, 4.69) is 0 Å². The van der Waals surface area contributed by atoms with Crippen molar-refractivity contribution in [3.8, 4) is 0 Å². The van der Waals surface area contributed by atoms with Gasteiger partial charge in [-0.2, -0.15) is 13.2 Å². The minimum Gasteiger partial charge on any atom is -0.382 e. The molecule has 0 saturated carbocycles. The number of alkyl halides is 3. The Kier molecular flexibility index (Phi) is 5.11. The predicted octanol–water partition coefficient (Wildman–Crippen LogP) is 3.38. The third-order valence-corrected chi connectivity index (χ3v) is 2.53. The molecule has 0 aliphatic carbocycles. The number of hydrogen-bond donors (Lipinski definition) is 0. The van der Waals surface area contributed by atoms with Crippen LogP contribution < -0.4 is 0 Å². The minimum absolute atomic E-state index is 0.0612. The molecule has 0 fully saturated rings. The molecule has 0 aliphatic rings. The maximum Gasteiger partial charge on any atom is 0.417 e. The zero-order valence-corrected chi connectivity index (χ0v) is 9.40. The molecule has 0 bridgehead atoms. The summed E-state index contributed by atoms with van der Waals surface area (Å²) in [4.78, 5) is 0.0612. The summed E-state index contributed by atoms with van der Waals surface area (Å²) in [5, 5.41) is 0. The Morgan fingerprint density at radius 1 is 1.19 bits per heavy atom. The highest BCUT2D eigenvalue weighted by Gasteiger charge is 2.33.